The molecule has 1 atom stereocenters. The van der Waals surface area contributed by atoms with E-state index in [0.29, 0.717) is 17.7 Å². The SMILES string of the molecule is C=CC[C@@H](N)c1cc(N)ccc1F. The maximum Gasteiger partial charge on any atom is 0.128 e. The van der Waals surface area contributed by atoms with Gasteiger partial charge >= 0.3 is 0 Å². The fraction of sp³-hybridized carbons (Fsp3) is 0.200. The van der Waals surface area contributed by atoms with Crippen LogP contribution in [0, 0.1) is 5.82 Å². The third-order valence-electron chi connectivity index (χ3n) is 1.84. The summed E-state index contributed by atoms with van der Waals surface area (Å²) < 4.78 is 13.2. The topological polar surface area (TPSA) is 52.0 Å². The summed E-state index contributed by atoms with van der Waals surface area (Å²) in [6.45, 7) is 3.54. The highest BCUT2D eigenvalue weighted by Crippen LogP contribution is 2.20. The first-order valence-electron chi connectivity index (χ1n) is 4.06. The third-order valence-corrected chi connectivity index (χ3v) is 1.84. The Labute approximate surface area is 77.0 Å². The van der Waals surface area contributed by atoms with Crippen LogP contribution < -0.4 is 11.5 Å². The highest BCUT2D eigenvalue weighted by atomic mass is 19.1. The smallest absolute Gasteiger partial charge is 0.128 e. The van der Waals surface area contributed by atoms with Crippen LogP contribution in [0.15, 0.2) is 30.9 Å². The Bertz CT molecular complexity index is 310. The predicted octanol–water partition coefficient (Wildman–Crippen LogP) is 1.98. The van der Waals surface area contributed by atoms with Gasteiger partial charge in [-0.15, -0.1) is 6.58 Å². The van der Waals surface area contributed by atoms with E-state index in [1.54, 1.807) is 12.1 Å². The summed E-state index contributed by atoms with van der Waals surface area (Å²) in [6, 6.07) is 4.04. The molecule has 0 amide bonds. The van der Waals surface area contributed by atoms with Crippen LogP contribution in [0.25, 0.3) is 0 Å². The van der Waals surface area contributed by atoms with Gasteiger partial charge in [0.2, 0.25) is 0 Å². The lowest BCUT2D eigenvalue weighted by Gasteiger charge is -2.10. The Morgan fingerprint density at radius 3 is 2.85 bits per heavy atom. The normalized spacial score (nSPS) is 12.5. The molecule has 1 aromatic rings. The van der Waals surface area contributed by atoms with Crippen LogP contribution >= 0.6 is 0 Å². The van der Waals surface area contributed by atoms with Gasteiger partial charge in [0.15, 0.2) is 0 Å². The minimum atomic E-state index is -0.360. The maximum atomic E-state index is 13.2. The second kappa shape index (κ2) is 4.05. The van der Waals surface area contributed by atoms with E-state index in [1.165, 1.54) is 12.1 Å². The van der Waals surface area contributed by atoms with Crippen LogP contribution in [0.2, 0.25) is 0 Å². The van der Waals surface area contributed by atoms with Crippen molar-refractivity contribution in [1.29, 1.82) is 0 Å². The number of hydrogen-bond acceptors (Lipinski definition) is 2. The molecule has 1 aromatic carbocycles. The molecule has 0 heterocycles. The number of halogens is 1. The molecule has 2 nitrogen and oxygen atoms in total. The summed E-state index contributed by atoms with van der Waals surface area (Å²) in [5.41, 5.74) is 12.2. The van der Waals surface area contributed by atoms with Gasteiger partial charge in [0, 0.05) is 17.3 Å². The monoisotopic (exact) mass is 180 g/mol. The number of nitrogens with two attached hydrogens (primary N) is 2. The Balaban J connectivity index is 2.97. The average molecular weight is 180 g/mol. The lowest BCUT2D eigenvalue weighted by molar-refractivity contribution is 0.584. The molecule has 0 bridgehead atoms. The van der Waals surface area contributed by atoms with Gasteiger partial charge in [0.05, 0.1) is 0 Å². The minimum absolute atomic E-state index is 0.316. The summed E-state index contributed by atoms with van der Waals surface area (Å²) in [7, 11) is 0. The van der Waals surface area contributed by atoms with Crippen molar-refractivity contribution in [2.45, 2.75) is 12.5 Å². The molecular weight excluding hydrogens is 167 g/mol. The molecule has 0 aromatic heterocycles. The second-order valence-corrected chi connectivity index (χ2v) is 2.91. The fourth-order valence-electron chi connectivity index (χ4n) is 1.15. The molecular formula is C10H13FN2. The molecule has 0 saturated carbocycles. The average Bonchev–Trinajstić information content (AvgIpc) is 2.09. The maximum absolute atomic E-state index is 13.2. The van der Waals surface area contributed by atoms with Crippen LogP contribution in [-0.2, 0) is 0 Å². The van der Waals surface area contributed by atoms with E-state index in [0.717, 1.165) is 0 Å². The number of benzene rings is 1. The summed E-state index contributed by atoms with van der Waals surface area (Å²) in [5, 5.41) is 0. The van der Waals surface area contributed by atoms with E-state index >= 15 is 0 Å². The first-order chi connectivity index (χ1) is 6.15. The summed E-state index contributed by atoms with van der Waals surface area (Å²) in [4.78, 5) is 0. The molecule has 13 heavy (non-hydrogen) atoms. The van der Waals surface area contributed by atoms with Crippen LogP contribution in [0.4, 0.5) is 10.1 Å². The van der Waals surface area contributed by atoms with Gasteiger partial charge in [-0.25, -0.2) is 4.39 Å². The Hall–Kier alpha value is -1.35. The Morgan fingerprint density at radius 1 is 1.54 bits per heavy atom. The molecule has 0 fully saturated rings. The van der Waals surface area contributed by atoms with Crippen molar-refractivity contribution in [2.75, 3.05) is 5.73 Å². The van der Waals surface area contributed by atoms with Gasteiger partial charge in [-0.05, 0) is 24.6 Å². The molecule has 0 saturated heterocycles. The zero-order chi connectivity index (χ0) is 9.84. The molecule has 0 spiro atoms. The molecule has 0 unspecified atom stereocenters. The summed E-state index contributed by atoms with van der Waals surface area (Å²) in [6.07, 6.45) is 2.20. The first kappa shape index (κ1) is 9.74. The van der Waals surface area contributed by atoms with Crippen molar-refractivity contribution in [3.05, 3.63) is 42.2 Å². The number of nitrogen functional groups attached to an aromatic ring is 1. The van der Waals surface area contributed by atoms with E-state index in [1.807, 2.05) is 0 Å². The van der Waals surface area contributed by atoms with Crippen molar-refractivity contribution < 1.29 is 4.39 Å². The molecule has 1 rings (SSSR count). The van der Waals surface area contributed by atoms with Gasteiger partial charge in [0.1, 0.15) is 5.82 Å². The van der Waals surface area contributed by atoms with Gasteiger partial charge in [-0.3, -0.25) is 0 Å². The summed E-state index contributed by atoms with van der Waals surface area (Å²) >= 11 is 0. The standard InChI is InChI=1S/C10H13FN2/c1-2-3-10(13)8-6-7(12)4-5-9(8)11/h2,4-6,10H,1,3,12-13H2/t10-/m1/s1. The van der Waals surface area contributed by atoms with E-state index in [9.17, 15) is 4.39 Å². The molecule has 4 N–H and O–H groups in total. The second-order valence-electron chi connectivity index (χ2n) is 2.91. The minimum Gasteiger partial charge on any atom is -0.399 e. The lowest BCUT2D eigenvalue weighted by Crippen LogP contribution is -2.11. The van der Waals surface area contributed by atoms with Gasteiger partial charge in [-0.1, -0.05) is 6.08 Å². The van der Waals surface area contributed by atoms with Crippen LogP contribution in [0.1, 0.15) is 18.0 Å². The Morgan fingerprint density at radius 2 is 2.23 bits per heavy atom. The van der Waals surface area contributed by atoms with Crippen molar-refractivity contribution in [1.82, 2.24) is 0 Å². The van der Waals surface area contributed by atoms with E-state index in [2.05, 4.69) is 6.58 Å². The van der Waals surface area contributed by atoms with Crippen LogP contribution in [0.5, 0.6) is 0 Å². The number of rotatable bonds is 3. The highest BCUT2D eigenvalue weighted by Gasteiger charge is 2.09. The molecule has 0 aliphatic rings. The number of hydrogen-bond donors (Lipinski definition) is 2. The van der Waals surface area contributed by atoms with Gasteiger partial charge < -0.3 is 11.5 Å². The molecule has 0 aliphatic carbocycles. The zero-order valence-electron chi connectivity index (χ0n) is 7.33. The number of anilines is 1. The fourth-order valence-corrected chi connectivity index (χ4v) is 1.15. The zero-order valence-corrected chi connectivity index (χ0v) is 7.33. The van der Waals surface area contributed by atoms with Gasteiger partial charge in [-0.2, -0.15) is 0 Å². The molecule has 0 aliphatic heterocycles. The predicted molar refractivity (Wildman–Crippen MR) is 52.6 cm³/mol. The van der Waals surface area contributed by atoms with E-state index < -0.39 is 0 Å². The van der Waals surface area contributed by atoms with E-state index in [-0.39, 0.29) is 11.9 Å². The lowest BCUT2D eigenvalue weighted by atomic mass is 10.0. The van der Waals surface area contributed by atoms with Crippen molar-refractivity contribution >= 4 is 5.69 Å². The quantitative estimate of drug-likeness (QED) is 0.552. The first-order valence-corrected chi connectivity index (χ1v) is 4.06. The van der Waals surface area contributed by atoms with Crippen molar-refractivity contribution in [2.24, 2.45) is 5.73 Å². The van der Waals surface area contributed by atoms with Gasteiger partial charge in [0.25, 0.3) is 0 Å². The van der Waals surface area contributed by atoms with Crippen LogP contribution in [-0.4, -0.2) is 0 Å². The van der Waals surface area contributed by atoms with E-state index in [4.69, 9.17) is 11.5 Å². The Kier molecular flexibility index (Phi) is 3.03. The third kappa shape index (κ3) is 2.29. The van der Waals surface area contributed by atoms with Crippen molar-refractivity contribution in [3.8, 4) is 0 Å². The van der Waals surface area contributed by atoms with Crippen LogP contribution in [0.3, 0.4) is 0 Å². The molecule has 0 radical (unpaired) electrons. The largest absolute Gasteiger partial charge is 0.399 e. The highest BCUT2D eigenvalue weighted by molar-refractivity contribution is 5.42. The molecule has 3 heteroatoms. The van der Waals surface area contributed by atoms with Crippen molar-refractivity contribution in [3.63, 3.8) is 0 Å². The summed E-state index contributed by atoms with van der Waals surface area (Å²) in [5.74, 6) is -0.316. The molecule has 70 valence electrons.